The van der Waals surface area contributed by atoms with Crippen molar-refractivity contribution in [2.24, 2.45) is 0 Å². The van der Waals surface area contributed by atoms with Gasteiger partial charge in [0, 0.05) is 28.0 Å². The van der Waals surface area contributed by atoms with Crippen LogP contribution in [0.3, 0.4) is 0 Å². The lowest BCUT2D eigenvalue weighted by molar-refractivity contribution is -0.118. The normalized spacial score (nSPS) is 14.7. The fourth-order valence-corrected chi connectivity index (χ4v) is 5.58. The fourth-order valence-electron chi connectivity index (χ4n) is 4.24. The van der Waals surface area contributed by atoms with Crippen LogP contribution in [0.15, 0.2) is 60.7 Å². The molecule has 1 amide bonds. The van der Waals surface area contributed by atoms with Crippen LogP contribution in [-0.4, -0.2) is 42.4 Å². The van der Waals surface area contributed by atoms with E-state index in [1.165, 1.54) is 7.11 Å². The first-order valence-electron chi connectivity index (χ1n) is 10.2. The van der Waals surface area contributed by atoms with E-state index in [4.69, 9.17) is 16.3 Å². The lowest BCUT2D eigenvalue weighted by atomic mass is 9.70. The van der Waals surface area contributed by atoms with E-state index >= 15 is 0 Å². The Kier molecular flexibility index (Phi) is 6.20. The fraction of sp³-hybridized carbons (Fsp3) is 0.174. The van der Waals surface area contributed by atoms with Crippen molar-refractivity contribution in [2.75, 3.05) is 34.4 Å². The smallest absolute Gasteiger partial charge is 0.244 e. The highest BCUT2D eigenvalue weighted by atomic mass is 35.5. The van der Waals surface area contributed by atoms with E-state index in [0.717, 1.165) is 12.5 Å². The molecule has 0 spiro atoms. The molecule has 1 aliphatic rings. The van der Waals surface area contributed by atoms with Crippen molar-refractivity contribution < 1.29 is 26.4 Å². The van der Waals surface area contributed by atoms with E-state index in [9.17, 15) is 21.6 Å². The van der Waals surface area contributed by atoms with Gasteiger partial charge >= 0.3 is 0 Å². The SMILES string of the molecule is COc1cc(Cl)cc2c1NC(=O)C2(c1ccc(NS(C)(=O)=O)cc1)c1ccc(NS(C)(=O)=O)cc1. The molecule has 4 rings (SSSR count). The van der Waals surface area contributed by atoms with E-state index in [1.807, 2.05) is 0 Å². The van der Waals surface area contributed by atoms with Crippen LogP contribution in [-0.2, 0) is 30.3 Å². The molecule has 3 aromatic carbocycles. The van der Waals surface area contributed by atoms with Crippen molar-refractivity contribution in [2.45, 2.75) is 5.41 Å². The molecule has 0 aliphatic carbocycles. The molecule has 184 valence electrons. The van der Waals surface area contributed by atoms with Gasteiger partial charge in [-0.15, -0.1) is 0 Å². The van der Waals surface area contributed by atoms with E-state index in [2.05, 4.69) is 14.8 Å². The van der Waals surface area contributed by atoms with Gasteiger partial charge in [-0.3, -0.25) is 14.2 Å². The number of carbonyl (C=O) groups is 1. The first-order valence-corrected chi connectivity index (χ1v) is 14.4. The lowest BCUT2D eigenvalue weighted by Crippen LogP contribution is -2.37. The molecule has 0 atom stereocenters. The molecule has 9 nitrogen and oxygen atoms in total. The second-order valence-electron chi connectivity index (χ2n) is 8.14. The maximum atomic E-state index is 13.7. The Bertz CT molecular complexity index is 1440. The van der Waals surface area contributed by atoms with Gasteiger partial charge in [0.05, 0.1) is 25.3 Å². The summed E-state index contributed by atoms with van der Waals surface area (Å²) in [4.78, 5) is 13.7. The summed E-state index contributed by atoms with van der Waals surface area (Å²) in [5.41, 5.74) is 1.38. The molecule has 0 saturated heterocycles. The summed E-state index contributed by atoms with van der Waals surface area (Å²) in [5.74, 6) is 0.00848. The van der Waals surface area contributed by atoms with Gasteiger partial charge in [0.1, 0.15) is 11.2 Å². The number of rotatable bonds is 7. The Morgan fingerprint density at radius 3 is 1.69 bits per heavy atom. The van der Waals surface area contributed by atoms with Crippen molar-refractivity contribution in [1.29, 1.82) is 0 Å². The molecule has 0 saturated carbocycles. The average Bonchev–Trinajstić information content (AvgIpc) is 3.04. The number of halogens is 1. The lowest BCUT2D eigenvalue weighted by Gasteiger charge is -2.29. The van der Waals surface area contributed by atoms with Crippen molar-refractivity contribution in [1.82, 2.24) is 0 Å². The Labute approximate surface area is 208 Å². The maximum absolute atomic E-state index is 13.7. The molecule has 0 radical (unpaired) electrons. The molecule has 0 aromatic heterocycles. The number of hydrogen-bond acceptors (Lipinski definition) is 6. The predicted molar refractivity (Wildman–Crippen MR) is 136 cm³/mol. The van der Waals surface area contributed by atoms with Gasteiger partial charge in [-0.05, 0) is 41.5 Å². The number of anilines is 3. The van der Waals surface area contributed by atoms with Gasteiger partial charge in [0.25, 0.3) is 0 Å². The van der Waals surface area contributed by atoms with E-state index in [-0.39, 0.29) is 5.91 Å². The quantitative estimate of drug-likeness (QED) is 0.425. The van der Waals surface area contributed by atoms with Crippen LogP contribution in [0.1, 0.15) is 16.7 Å². The number of hydrogen-bond donors (Lipinski definition) is 3. The molecule has 3 aromatic rings. The Balaban J connectivity index is 1.95. The number of ether oxygens (including phenoxy) is 1. The molecule has 0 unspecified atom stereocenters. The van der Waals surface area contributed by atoms with Crippen molar-refractivity contribution in [3.63, 3.8) is 0 Å². The number of nitrogens with one attached hydrogen (secondary N) is 3. The molecule has 3 N–H and O–H groups in total. The average molecular weight is 536 g/mol. The van der Waals surface area contributed by atoms with Gasteiger partial charge in [-0.1, -0.05) is 35.9 Å². The van der Waals surface area contributed by atoms with Crippen LogP contribution in [0.25, 0.3) is 0 Å². The third kappa shape index (κ3) is 4.79. The largest absolute Gasteiger partial charge is 0.495 e. The summed E-state index contributed by atoms with van der Waals surface area (Å²) in [6, 6.07) is 16.1. The van der Waals surface area contributed by atoms with E-state index in [0.29, 0.717) is 44.5 Å². The Morgan fingerprint density at radius 2 is 1.29 bits per heavy atom. The minimum absolute atomic E-state index is 0.335. The van der Waals surface area contributed by atoms with Gasteiger partial charge in [0.2, 0.25) is 26.0 Å². The summed E-state index contributed by atoms with van der Waals surface area (Å²) in [6.45, 7) is 0. The van der Waals surface area contributed by atoms with E-state index in [1.54, 1.807) is 60.7 Å². The second-order valence-corrected chi connectivity index (χ2v) is 12.1. The minimum atomic E-state index is -3.49. The van der Waals surface area contributed by atoms with Gasteiger partial charge < -0.3 is 10.1 Å². The van der Waals surface area contributed by atoms with Crippen molar-refractivity contribution in [3.05, 3.63) is 82.4 Å². The minimum Gasteiger partial charge on any atom is -0.495 e. The topological polar surface area (TPSA) is 131 Å². The molecule has 1 heterocycles. The highest BCUT2D eigenvalue weighted by molar-refractivity contribution is 7.92. The number of sulfonamides is 2. The Hall–Kier alpha value is -3.28. The molecule has 12 heteroatoms. The van der Waals surface area contributed by atoms with Gasteiger partial charge in [0.15, 0.2) is 0 Å². The van der Waals surface area contributed by atoms with Crippen LogP contribution in [0.2, 0.25) is 5.02 Å². The number of benzene rings is 3. The monoisotopic (exact) mass is 535 g/mol. The zero-order valence-corrected chi connectivity index (χ0v) is 21.3. The summed E-state index contributed by atoms with van der Waals surface area (Å²) < 4.78 is 56.8. The molecule has 35 heavy (non-hydrogen) atoms. The highest BCUT2D eigenvalue weighted by Gasteiger charge is 2.51. The van der Waals surface area contributed by atoms with Gasteiger partial charge in [-0.2, -0.15) is 0 Å². The van der Waals surface area contributed by atoms with Crippen LogP contribution < -0.4 is 19.5 Å². The van der Waals surface area contributed by atoms with Crippen LogP contribution in [0.5, 0.6) is 5.75 Å². The maximum Gasteiger partial charge on any atom is 0.244 e. The van der Waals surface area contributed by atoms with Crippen molar-refractivity contribution >= 4 is 54.6 Å². The predicted octanol–water partition coefficient (Wildman–Crippen LogP) is 3.38. The van der Waals surface area contributed by atoms with Gasteiger partial charge in [-0.25, -0.2) is 16.8 Å². The summed E-state index contributed by atoms with van der Waals surface area (Å²) in [6.07, 6.45) is 2.09. The Morgan fingerprint density at radius 1 is 0.829 bits per heavy atom. The second kappa shape index (κ2) is 8.74. The van der Waals surface area contributed by atoms with Crippen LogP contribution in [0, 0.1) is 0 Å². The number of amides is 1. The zero-order chi connectivity index (χ0) is 25.6. The summed E-state index contributed by atoms with van der Waals surface area (Å²) in [7, 11) is -5.51. The summed E-state index contributed by atoms with van der Waals surface area (Å²) >= 11 is 6.38. The number of fused-ring (bicyclic) bond motifs is 1. The van der Waals surface area contributed by atoms with E-state index < -0.39 is 25.5 Å². The third-order valence-corrected chi connectivity index (χ3v) is 6.94. The number of methoxy groups -OCH3 is 1. The first kappa shape index (κ1) is 24.8. The van der Waals surface area contributed by atoms with Crippen LogP contribution in [0.4, 0.5) is 17.1 Å². The zero-order valence-electron chi connectivity index (χ0n) is 18.9. The van der Waals surface area contributed by atoms with Crippen molar-refractivity contribution in [3.8, 4) is 5.75 Å². The third-order valence-electron chi connectivity index (χ3n) is 5.51. The standard InChI is InChI=1S/C23H22ClN3O6S2/c1-33-20-13-16(24)12-19-21(20)25-22(28)23(19,14-4-8-17(9-5-14)26-34(2,29)30)15-6-10-18(11-7-15)27-35(3,31)32/h4-13,26-27H,1-3H3,(H,25,28). The summed E-state index contributed by atoms with van der Waals surface area (Å²) in [5, 5.41) is 3.25. The van der Waals surface area contributed by atoms with Crippen LogP contribution >= 0.6 is 11.6 Å². The molecule has 0 fully saturated rings. The highest BCUT2D eigenvalue weighted by Crippen LogP contribution is 2.52. The molecule has 1 aliphatic heterocycles. The molecular weight excluding hydrogens is 514 g/mol. The molecule has 0 bridgehead atoms. The first-order chi connectivity index (χ1) is 16.3. The molecular formula is C23H22ClN3O6S2. The number of carbonyl (C=O) groups excluding carboxylic acids is 1.